The number of nitrogens with one attached hydrogen (secondary N) is 2. The molecule has 0 bridgehead atoms. The lowest BCUT2D eigenvalue weighted by Gasteiger charge is -2.20. The maximum absolute atomic E-state index is 12.1. The molecular weight excluding hydrogens is 300 g/mol. The largest absolute Gasteiger partial charge is 0.368 e. The number of aromatic nitrogens is 4. The number of rotatable bonds is 7. The van der Waals surface area contributed by atoms with Crippen LogP contribution in [0, 0.1) is 5.92 Å². The molecule has 2 aromatic rings. The molecule has 0 aliphatic rings. The molecule has 0 aromatic carbocycles. The summed E-state index contributed by atoms with van der Waals surface area (Å²) in [7, 11) is 0. The molecular formula is C14H20N6OS. The fraction of sp³-hybridized carbons (Fsp3) is 0.429. The maximum Gasteiger partial charge on any atom is 0.230 e. The Morgan fingerprint density at radius 3 is 2.91 bits per heavy atom. The first-order valence-corrected chi connectivity index (χ1v) is 8.03. The lowest BCUT2D eigenvalue weighted by Crippen LogP contribution is -2.31. The van der Waals surface area contributed by atoms with Gasteiger partial charge in [-0.1, -0.05) is 31.7 Å². The van der Waals surface area contributed by atoms with Crippen LogP contribution >= 0.6 is 11.8 Å². The van der Waals surface area contributed by atoms with Gasteiger partial charge in [0.2, 0.25) is 17.0 Å². The second-order valence-electron chi connectivity index (χ2n) is 5.33. The van der Waals surface area contributed by atoms with E-state index in [-0.39, 0.29) is 23.7 Å². The Morgan fingerprint density at radius 1 is 1.50 bits per heavy atom. The lowest BCUT2D eigenvalue weighted by molar-refractivity contribution is -0.119. The molecule has 0 spiro atoms. The van der Waals surface area contributed by atoms with Crippen LogP contribution < -0.4 is 11.1 Å². The molecule has 0 aliphatic heterocycles. The smallest absolute Gasteiger partial charge is 0.230 e. The van der Waals surface area contributed by atoms with Gasteiger partial charge >= 0.3 is 0 Å². The third-order valence-corrected chi connectivity index (χ3v) is 3.79. The molecule has 4 N–H and O–H groups in total. The van der Waals surface area contributed by atoms with Gasteiger partial charge in [-0.15, -0.1) is 5.10 Å². The SMILES string of the molecule is CC(C)C[C@H](NC(=O)CSc1n[nH]c(N)n1)c1cccnc1. The highest BCUT2D eigenvalue weighted by Gasteiger charge is 2.17. The second kappa shape index (κ2) is 7.79. The maximum atomic E-state index is 12.1. The Bertz CT molecular complexity index is 600. The highest BCUT2D eigenvalue weighted by molar-refractivity contribution is 7.99. The Kier molecular flexibility index (Phi) is 5.76. The van der Waals surface area contributed by atoms with Crippen LogP contribution in [0.2, 0.25) is 0 Å². The van der Waals surface area contributed by atoms with Crippen molar-refractivity contribution in [3.8, 4) is 0 Å². The van der Waals surface area contributed by atoms with Gasteiger partial charge in [0.15, 0.2) is 0 Å². The van der Waals surface area contributed by atoms with Crippen molar-refractivity contribution in [2.24, 2.45) is 5.92 Å². The van der Waals surface area contributed by atoms with Gasteiger partial charge in [0.05, 0.1) is 11.8 Å². The van der Waals surface area contributed by atoms with Crippen LogP contribution in [0.1, 0.15) is 31.9 Å². The van der Waals surface area contributed by atoms with Gasteiger partial charge in [0.1, 0.15) is 0 Å². The van der Waals surface area contributed by atoms with E-state index in [1.165, 1.54) is 11.8 Å². The van der Waals surface area contributed by atoms with Crippen LogP contribution in [-0.2, 0) is 4.79 Å². The fourth-order valence-corrected chi connectivity index (χ4v) is 2.64. The molecule has 0 aliphatic carbocycles. The van der Waals surface area contributed by atoms with Gasteiger partial charge in [-0.05, 0) is 24.0 Å². The number of nitrogen functional groups attached to an aromatic ring is 1. The van der Waals surface area contributed by atoms with Crippen molar-refractivity contribution in [2.75, 3.05) is 11.5 Å². The molecule has 0 unspecified atom stereocenters. The number of aromatic amines is 1. The summed E-state index contributed by atoms with van der Waals surface area (Å²) in [6, 6.07) is 3.81. The molecule has 0 radical (unpaired) electrons. The third kappa shape index (κ3) is 5.03. The zero-order valence-electron chi connectivity index (χ0n) is 12.6. The number of nitrogens with zero attached hydrogens (tertiary/aromatic N) is 3. The minimum atomic E-state index is -0.0668. The van der Waals surface area contributed by atoms with Crippen molar-refractivity contribution in [1.29, 1.82) is 0 Å². The quantitative estimate of drug-likeness (QED) is 0.671. The number of amides is 1. The average molecular weight is 320 g/mol. The van der Waals surface area contributed by atoms with Crippen LogP contribution in [0.15, 0.2) is 29.7 Å². The van der Waals surface area contributed by atoms with Gasteiger partial charge in [-0.25, -0.2) is 5.10 Å². The summed E-state index contributed by atoms with van der Waals surface area (Å²) in [5, 5.41) is 9.94. The standard InChI is InChI=1S/C14H20N6OS/c1-9(2)6-11(10-4-3-5-16-7-10)17-12(21)8-22-14-18-13(15)19-20-14/h3-5,7,9,11H,6,8H2,1-2H3,(H,17,21)(H3,15,18,19,20)/t11-/m0/s1. The number of carbonyl (C=O) groups is 1. The van der Waals surface area contributed by atoms with E-state index in [4.69, 9.17) is 5.73 Å². The van der Waals surface area contributed by atoms with E-state index in [1.54, 1.807) is 12.4 Å². The van der Waals surface area contributed by atoms with Gasteiger partial charge in [0.25, 0.3) is 0 Å². The zero-order chi connectivity index (χ0) is 15.9. The predicted molar refractivity (Wildman–Crippen MR) is 86.1 cm³/mol. The van der Waals surface area contributed by atoms with E-state index in [1.807, 2.05) is 12.1 Å². The summed E-state index contributed by atoms with van der Waals surface area (Å²) in [6.45, 7) is 4.25. The van der Waals surface area contributed by atoms with E-state index in [2.05, 4.69) is 39.3 Å². The average Bonchev–Trinajstić information content (AvgIpc) is 2.91. The molecule has 7 nitrogen and oxygen atoms in total. The van der Waals surface area contributed by atoms with Crippen LogP contribution in [0.5, 0.6) is 0 Å². The molecule has 22 heavy (non-hydrogen) atoms. The zero-order valence-corrected chi connectivity index (χ0v) is 13.4. The highest BCUT2D eigenvalue weighted by Crippen LogP contribution is 2.21. The summed E-state index contributed by atoms with van der Waals surface area (Å²) in [6.07, 6.45) is 4.37. The van der Waals surface area contributed by atoms with Crippen molar-refractivity contribution in [3.05, 3.63) is 30.1 Å². The molecule has 118 valence electrons. The topological polar surface area (TPSA) is 110 Å². The predicted octanol–water partition coefficient (Wildman–Crippen LogP) is 1.78. The minimum absolute atomic E-state index is 0.0426. The number of H-pyrrole nitrogens is 1. The molecule has 1 atom stereocenters. The third-order valence-electron chi connectivity index (χ3n) is 2.94. The van der Waals surface area contributed by atoms with Gasteiger partial charge in [0, 0.05) is 12.4 Å². The Morgan fingerprint density at radius 2 is 2.32 bits per heavy atom. The Hall–Kier alpha value is -2.09. The van der Waals surface area contributed by atoms with Gasteiger partial charge in [-0.2, -0.15) is 4.98 Å². The monoisotopic (exact) mass is 320 g/mol. The van der Waals surface area contributed by atoms with Crippen LogP contribution in [0.4, 0.5) is 5.95 Å². The molecule has 0 saturated heterocycles. The fourth-order valence-electron chi connectivity index (χ4n) is 2.02. The summed E-state index contributed by atoms with van der Waals surface area (Å²) >= 11 is 1.24. The van der Waals surface area contributed by atoms with E-state index in [9.17, 15) is 4.79 Å². The summed E-state index contributed by atoms with van der Waals surface area (Å²) in [5.74, 6) is 0.886. The van der Waals surface area contributed by atoms with Crippen molar-refractivity contribution in [3.63, 3.8) is 0 Å². The Balaban J connectivity index is 1.93. The first kappa shape index (κ1) is 16.3. The summed E-state index contributed by atoms with van der Waals surface area (Å²) < 4.78 is 0. The first-order chi connectivity index (χ1) is 10.5. The van der Waals surface area contributed by atoms with Crippen molar-refractivity contribution < 1.29 is 4.79 Å². The number of pyridine rings is 1. The first-order valence-electron chi connectivity index (χ1n) is 7.04. The second-order valence-corrected chi connectivity index (χ2v) is 6.27. The number of hydrogen-bond acceptors (Lipinski definition) is 6. The number of thioether (sulfide) groups is 1. The summed E-state index contributed by atoms with van der Waals surface area (Å²) in [4.78, 5) is 20.2. The van der Waals surface area contributed by atoms with Crippen LogP contribution in [0.25, 0.3) is 0 Å². The van der Waals surface area contributed by atoms with E-state index < -0.39 is 0 Å². The van der Waals surface area contributed by atoms with Gasteiger partial charge in [-0.3, -0.25) is 9.78 Å². The van der Waals surface area contributed by atoms with Crippen molar-refractivity contribution >= 4 is 23.6 Å². The van der Waals surface area contributed by atoms with Crippen molar-refractivity contribution in [2.45, 2.75) is 31.5 Å². The molecule has 0 saturated carbocycles. The number of hydrogen-bond donors (Lipinski definition) is 3. The van der Waals surface area contributed by atoms with Crippen molar-refractivity contribution in [1.82, 2.24) is 25.5 Å². The van der Waals surface area contributed by atoms with Crippen LogP contribution in [-0.4, -0.2) is 31.8 Å². The molecule has 2 aromatic heterocycles. The highest BCUT2D eigenvalue weighted by atomic mass is 32.2. The number of nitrogens with two attached hydrogens (primary N) is 1. The van der Waals surface area contributed by atoms with Crippen LogP contribution in [0.3, 0.4) is 0 Å². The van der Waals surface area contributed by atoms with Gasteiger partial charge < -0.3 is 11.1 Å². The lowest BCUT2D eigenvalue weighted by atomic mass is 9.98. The molecule has 2 heterocycles. The molecule has 0 fully saturated rings. The molecule has 1 amide bonds. The normalized spacial score (nSPS) is 12.3. The number of carbonyl (C=O) groups excluding carboxylic acids is 1. The Labute approximate surface area is 133 Å². The molecule has 8 heteroatoms. The minimum Gasteiger partial charge on any atom is -0.368 e. The van der Waals surface area contributed by atoms with E-state index in [0.29, 0.717) is 11.1 Å². The number of anilines is 1. The van der Waals surface area contributed by atoms with E-state index >= 15 is 0 Å². The summed E-state index contributed by atoms with van der Waals surface area (Å²) in [5.41, 5.74) is 6.46. The molecule has 2 rings (SSSR count). The van der Waals surface area contributed by atoms with E-state index in [0.717, 1.165) is 12.0 Å².